The van der Waals surface area contributed by atoms with Gasteiger partial charge >= 0.3 is 0 Å². The van der Waals surface area contributed by atoms with Crippen LogP contribution in [0.2, 0.25) is 0 Å². The van der Waals surface area contributed by atoms with E-state index in [0.717, 1.165) is 38.6 Å². The molecule has 0 saturated heterocycles. The van der Waals surface area contributed by atoms with Crippen LogP contribution in [0.3, 0.4) is 0 Å². The van der Waals surface area contributed by atoms with Crippen LogP contribution in [0.25, 0.3) is 55.7 Å². The van der Waals surface area contributed by atoms with Crippen LogP contribution in [-0.2, 0) is 0 Å². The molecule has 6 rings (SSSR count). The molecule has 6 aromatic rings. The third-order valence-corrected chi connectivity index (χ3v) is 8.68. The molecule has 0 aliphatic rings. The molecule has 0 unspecified atom stereocenters. The molecule has 0 atom stereocenters. The molecule has 230 valence electrons. The first-order chi connectivity index (χ1) is 23.7. The van der Waals surface area contributed by atoms with Gasteiger partial charge in [0, 0.05) is 36.3 Å². The van der Waals surface area contributed by atoms with Gasteiger partial charge in [0.05, 0.1) is 11.4 Å². The Morgan fingerprint density at radius 2 is 1.44 bits per heavy atom. The minimum Gasteiger partial charge on any atom is -0.437 e. The molecule has 0 amide bonds. The molecular weight excluding hydrogens is 548 g/mol. The van der Waals surface area contributed by atoms with E-state index >= 15 is 0 Å². The molecule has 0 N–H and O–H groups in total. The first-order valence-electron chi connectivity index (χ1n) is 18.8. The monoisotopic (exact) mass is 600 g/mol. The first kappa shape index (κ1) is 24.1. The zero-order valence-corrected chi connectivity index (χ0v) is 27.5. The highest BCUT2D eigenvalue weighted by Crippen LogP contribution is 2.43. The summed E-state index contributed by atoms with van der Waals surface area (Å²) in [6.07, 6.45) is 1.57. The van der Waals surface area contributed by atoms with Crippen molar-refractivity contribution in [3.8, 4) is 33.6 Å². The largest absolute Gasteiger partial charge is 0.437 e. The highest BCUT2D eigenvalue weighted by molar-refractivity contribution is 6.08. The van der Waals surface area contributed by atoms with Crippen LogP contribution in [0.5, 0.6) is 0 Å². The Balaban J connectivity index is 1.59. The van der Waals surface area contributed by atoms with Gasteiger partial charge < -0.3 is 4.42 Å². The first-order valence-corrected chi connectivity index (χ1v) is 15.8. The summed E-state index contributed by atoms with van der Waals surface area (Å²) in [7, 11) is 0. The molecule has 0 radical (unpaired) electrons. The summed E-state index contributed by atoms with van der Waals surface area (Å²) in [5, 5.41) is 1.59. The molecule has 3 heteroatoms. The number of furan rings is 1. The van der Waals surface area contributed by atoms with E-state index in [9.17, 15) is 2.74 Å². The topological polar surface area (TPSA) is 38.9 Å². The maximum atomic E-state index is 9.39. The van der Waals surface area contributed by atoms with E-state index in [0.29, 0.717) is 33.8 Å². The van der Waals surface area contributed by atoms with E-state index in [-0.39, 0.29) is 17.4 Å². The van der Waals surface area contributed by atoms with Crippen molar-refractivity contribution in [1.82, 2.24) is 9.97 Å². The summed E-state index contributed by atoms with van der Waals surface area (Å²) in [5.74, 6) is -3.43. The average molecular weight is 601 g/mol. The van der Waals surface area contributed by atoms with Gasteiger partial charge in [-0.15, -0.1) is 0 Å². The lowest BCUT2D eigenvalue weighted by Crippen LogP contribution is -2.15. The highest BCUT2D eigenvalue weighted by Gasteiger charge is 2.24. The number of nitrogens with zero attached hydrogens (tertiary/aromatic N) is 2. The number of aromatic nitrogens is 2. The fraction of sp³-hybridized carbons (Fsp3) is 0.333. The van der Waals surface area contributed by atoms with Gasteiger partial charge in [-0.05, 0) is 94.0 Å². The lowest BCUT2D eigenvalue weighted by Gasteiger charge is -2.26. The van der Waals surface area contributed by atoms with Crippen LogP contribution in [0.4, 0.5) is 0 Å². The number of benzene rings is 3. The number of rotatable bonds is 8. The number of hydrogen-bond donors (Lipinski definition) is 0. The molecule has 3 aromatic carbocycles. The average Bonchev–Trinajstić information content (AvgIpc) is 3.44. The minimum absolute atomic E-state index is 0.118. The summed E-state index contributed by atoms with van der Waals surface area (Å²) in [6, 6.07) is 25.2. The fourth-order valence-electron chi connectivity index (χ4n) is 6.80. The zero-order chi connectivity index (χ0) is 37.3. The normalized spacial score (nSPS) is 15.2. The van der Waals surface area contributed by atoms with E-state index in [4.69, 9.17) is 19.9 Å². The van der Waals surface area contributed by atoms with E-state index in [1.165, 1.54) is 0 Å². The van der Waals surface area contributed by atoms with Gasteiger partial charge in [0.25, 0.3) is 0 Å². The van der Waals surface area contributed by atoms with Gasteiger partial charge in [-0.3, -0.25) is 4.98 Å². The predicted octanol–water partition coefficient (Wildman–Crippen LogP) is 12.3. The Kier molecular flexibility index (Phi) is 6.56. The smallest absolute Gasteiger partial charge is 0.227 e. The van der Waals surface area contributed by atoms with Gasteiger partial charge in [0.15, 0.2) is 0 Å². The third kappa shape index (κ3) is 5.58. The molecule has 0 fully saturated rings. The molecule has 3 heterocycles. The second-order valence-corrected chi connectivity index (χ2v) is 13.0. The molecule has 0 bridgehead atoms. The molecule has 3 aromatic heterocycles. The Hall–Kier alpha value is -4.24. The van der Waals surface area contributed by atoms with Crippen LogP contribution in [0, 0.1) is 18.7 Å². The number of aryl methyl sites for hydroxylation is 1. The Morgan fingerprint density at radius 1 is 0.689 bits per heavy atom. The molecule has 3 nitrogen and oxygen atoms in total. The SMILES string of the molecule is [2H]C([2H])([2H])c1cc(-c2cccc3c2oc2nc(-c4c(C([2H])(C)C)ccc(-c5ccccc5)c4C([2H])(C)C)ccc23)ncc1C([2H])(C(C)C)C(C)C. The van der Waals surface area contributed by atoms with Gasteiger partial charge in [0.2, 0.25) is 5.71 Å². The van der Waals surface area contributed by atoms with Gasteiger partial charge in [-0.1, -0.05) is 110 Å². The predicted molar refractivity (Wildman–Crippen MR) is 191 cm³/mol. The van der Waals surface area contributed by atoms with Crippen LogP contribution < -0.4 is 0 Å². The number of para-hydroxylation sites is 1. The molecular formula is C42H46N2O. The van der Waals surface area contributed by atoms with E-state index in [2.05, 4.69) is 0 Å². The molecule has 0 spiro atoms. The third-order valence-electron chi connectivity index (χ3n) is 8.68. The van der Waals surface area contributed by atoms with Crippen molar-refractivity contribution in [3.63, 3.8) is 0 Å². The maximum absolute atomic E-state index is 9.39. The van der Waals surface area contributed by atoms with Crippen LogP contribution in [-0.4, -0.2) is 9.97 Å². The summed E-state index contributed by atoms with van der Waals surface area (Å²) in [6.45, 7) is 12.7. The molecule has 0 aliphatic heterocycles. The molecule has 0 aliphatic carbocycles. The van der Waals surface area contributed by atoms with Crippen molar-refractivity contribution in [2.24, 2.45) is 11.8 Å². The summed E-state index contributed by atoms with van der Waals surface area (Å²) in [5.41, 5.74) is 7.31. The standard InChI is InChI=1S/C42H46N2O/c1-24(2)30-18-19-31(29-14-11-10-12-15-29)39(27(7)8)40(30)36-21-20-33-32-16-13-17-34(41(32)45-42(33)44-36)37-22-28(9)35(23-43-37)38(25(3)4)26(5)6/h10-27,38H,1-9H3/i9D3,24D,27D,38D. The van der Waals surface area contributed by atoms with Crippen molar-refractivity contribution >= 4 is 22.1 Å². The maximum Gasteiger partial charge on any atom is 0.227 e. The van der Waals surface area contributed by atoms with Crippen LogP contribution >= 0.6 is 0 Å². The number of hydrogen-bond acceptors (Lipinski definition) is 3. The minimum atomic E-state index is -2.46. The van der Waals surface area contributed by atoms with Crippen molar-refractivity contribution in [1.29, 1.82) is 0 Å². The van der Waals surface area contributed by atoms with Crippen molar-refractivity contribution < 1.29 is 12.6 Å². The highest BCUT2D eigenvalue weighted by atomic mass is 16.3. The Labute approximate surface area is 277 Å². The second-order valence-electron chi connectivity index (χ2n) is 13.0. The van der Waals surface area contributed by atoms with Crippen molar-refractivity contribution in [2.45, 2.75) is 79.9 Å². The van der Waals surface area contributed by atoms with Crippen LogP contribution in [0.1, 0.15) is 104 Å². The summed E-state index contributed by atoms with van der Waals surface area (Å²) < 4.78 is 59.7. The van der Waals surface area contributed by atoms with Gasteiger partial charge in [-0.2, -0.15) is 0 Å². The van der Waals surface area contributed by atoms with Crippen LogP contribution in [0.15, 0.2) is 89.5 Å². The summed E-state index contributed by atoms with van der Waals surface area (Å²) in [4.78, 5) is 9.84. The van der Waals surface area contributed by atoms with E-state index < -0.39 is 24.5 Å². The summed E-state index contributed by atoms with van der Waals surface area (Å²) >= 11 is 0. The number of fused-ring (bicyclic) bond motifs is 3. The van der Waals surface area contributed by atoms with Gasteiger partial charge in [-0.25, -0.2) is 4.98 Å². The fourth-order valence-corrected chi connectivity index (χ4v) is 6.80. The van der Waals surface area contributed by atoms with Gasteiger partial charge in [0.1, 0.15) is 5.58 Å². The van der Waals surface area contributed by atoms with E-state index in [1.54, 1.807) is 12.3 Å². The zero-order valence-electron chi connectivity index (χ0n) is 33.5. The lowest BCUT2D eigenvalue weighted by molar-refractivity contribution is 0.385. The Morgan fingerprint density at radius 3 is 2.11 bits per heavy atom. The lowest BCUT2D eigenvalue weighted by atomic mass is 9.79. The van der Waals surface area contributed by atoms with Crippen molar-refractivity contribution in [3.05, 3.63) is 107 Å². The van der Waals surface area contributed by atoms with E-state index in [1.807, 2.05) is 128 Å². The second kappa shape index (κ2) is 12.3. The molecule has 45 heavy (non-hydrogen) atoms. The Bertz CT molecular complexity index is 2230. The van der Waals surface area contributed by atoms with Crippen molar-refractivity contribution in [2.75, 3.05) is 0 Å². The molecule has 0 saturated carbocycles. The number of pyridine rings is 2. The quantitative estimate of drug-likeness (QED) is 0.174.